The lowest BCUT2D eigenvalue weighted by Gasteiger charge is -2.16. The van der Waals surface area contributed by atoms with E-state index in [9.17, 15) is 13.6 Å². The molecule has 6 heteroatoms. The Balaban J connectivity index is 2.47. The van der Waals surface area contributed by atoms with E-state index < -0.39 is 17.2 Å². The molecule has 0 spiro atoms. The van der Waals surface area contributed by atoms with Gasteiger partial charge in [0.2, 0.25) is 0 Å². The van der Waals surface area contributed by atoms with Gasteiger partial charge in [-0.05, 0) is 24.3 Å². The highest BCUT2D eigenvalue weighted by atomic mass is 35.5. The van der Waals surface area contributed by atoms with Crippen LogP contribution in [0.15, 0.2) is 41.2 Å². The van der Waals surface area contributed by atoms with Crippen LogP contribution in [0.25, 0.3) is 16.6 Å². The van der Waals surface area contributed by atoms with Gasteiger partial charge < -0.3 is 0 Å². The second kappa shape index (κ2) is 5.74. The molecule has 3 aromatic rings. The van der Waals surface area contributed by atoms with Crippen molar-refractivity contribution in [2.45, 2.75) is 19.8 Å². The Hall–Kier alpha value is -2.27. The fourth-order valence-electron chi connectivity index (χ4n) is 2.51. The van der Waals surface area contributed by atoms with Crippen LogP contribution in [0.5, 0.6) is 0 Å². The molecule has 118 valence electrons. The van der Waals surface area contributed by atoms with Crippen molar-refractivity contribution in [2.75, 3.05) is 0 Å². The summed E-state index contributed by atoms with van der Waals surface area (Å²) in [7, 11) is 0. The van der Waals surface area contributed by atoms with E-state index in [0.29, 0.717) is 11.3 Å². The molecule has 0 unspecified atom stereocenters. The zero-order chi connectivity index (χ0) is 16.7. The average Bonchev–Trinajstić information content (AvgIpc) is 2.45. The summed E-state index contributed by atoms with van der Waals surface area (Å²) in [6.45, 7) is 3.70. The first kappa shape index (κ1) is 15.6. The minimum Gasteiger partial charge on any atom is -0.268 e. The van der Waals surface area contributed by atoms with Crippen molar-refractivity contribution in [2.24, 2.45) is 0 Å². The number of hydrogen-bond acceptors (Lipinski definition) is 2. The largest absolute Gasteiger partial charge is 0.268 e. The molecule has 0 atom stereocenters. The summed E-state index contributed by atoms with van der Waals surface area (Å²) < 4.78 is 28.4. The number of aromatic nitrogens is 2. The number of nitrogens with zero attached hydrogens (tertiary/aromatic N) is 2. The minimum atomic E-state index is -0.763. The highest BCUT2D eigenvalue weighted by Crippen LogP contribution is 2.23. The van der Waals surface area contributed by atoms with Gasteiger partial charge in [-0.2, -0.15) is 0 Å². The summed E-state index contributed by atoms with van der Waals surface area (Å²) in [6.07, 6.45) is 0. The SMILES string of the molecule is CC(C)c1nc2cccc(Cl)c2c(=O)n1-c1cc(F)cc(F)c1. The van der Waals surface area contributed by atoms with Crippen LogP contribution in [0.1, 0.15) is 25.6 Å². The van der Waals surface area contributed by atoms with Crippen molar-refractivity contribution in [3.63, 3.8) is 0 Å². The fraction of sp³-hybridized carbons (Fsp3) is 0.176. The van der Waals surface area contributed by atoms with E-state index in [0.717, 1.165) is 18.2 Å². The lowest BCUT2D eigenvalue weighted by atomic mass is 10.1. The van der Waals surface area contributed by atoms with Crippen LogP contribution in [-0.2, 0) is 0 Å². The molecule has 1 heterocycles. The summed E-state index contributed by atoms with van der Waals surface area (Å²) in [6, 6.07) is 7.92. The monoisotopic (exact) mass is 334 g/mol. The zero-order valence-corrected chi connectivity index (χ0v) is 13.2. The van der Waals surface area contributed by atoms with Crippen LogP contribution >= 0.6 is 11.6 Å². The predicted molar refractivity (Wildman–Crippen MR) is 86.4 cm³/mol. The van der Waals surface area contributed by atoms with Crippen LogP contribution in [-0.4, -0.2) is 9.55 Å². The molecule has 0 radical (unpaired) electrons. The number of benzene rings is 2. The summed E-state index contributed by atoms with van der Waals surface area (Å²) in [5.74, 6) is -1.24. The van der Waals surface area contributed by atoms with Crippen LogP contribution in [0.3, 0.4) is 0 Å². The van der Waals surface area contributed by atoms with Crippen molar-refractivity contribution in [3.8, 4) is 5.69 Å². The first-order valence-electron chi connectivity index (χ1n) is 7.06. The topological polar surface area (TPSA) is 34.9 Å². The number of fused-ring (bicyclic) bond motifs is 1. The molecule has 0 saturated heterocycles. The molecule has 0 fully saturated rings. The highest BCUT2D eigenvalue weighted by molar-refractivity contribution is 6.35. The number of halogens is 3. The molecular formula is C17H13ClF2N2O. The summed E-state index contributed by atoms with van der Waals surface area (Å²) in [4.78, 5) is 17.4. The zero-order valence-electron chi connectivity index (χ0n) is 12.5. The van der Waals surface area contributed by atoms with Gasteiger partial charge in [0.1, 0.15) is 17.5 Å². The Labute approximate surface area is 136 Å². The van der Waals surface area contributed by atoms with E-state index in [1.54, 1.807) is 18.2 Å². The van der Waals surface area contributed by atoms with E-state index in [2.05, 4.69) is 4.98 Å². The maximum absolute atomic E-state index is 13.6. The third-order valence-corrected chi connectivity index (χ3v) is 3.81. The molecule has 0 aliphatic rings. The van der Waals surface area contributed by atoms with Gasteiger partial charge in [0, 0.05) is 12.0 Å². The van der Waals surface area contributed by atoms with Gasteiger partial charge >= 0.3 is 0 Å². The first-order chi connectivity index (χ1) is 10.9. The van der Waals surface area contributed by atoms with Gasteiger partial charge in [-0.25, -0.2) is 13.8 Å². The quantitative estimate of drug-likeness (QED) is 0.694. The first-order valence-corrected chi connectivity index (χ1v) is 7.44. The second-order valence-corrected chi connectivity index (χ2v) is 5.93. The Bertz CT molecular complexity index is 946. The molecule has 0 saturated carbocycles. The Morgan fingerprint density at radius 1 is 1.13 bits per heavy atom. The third-order valence-electron chi connectivity index (χ3n) is 3.49. The molecule has 23 heavy (non-hydrogen) atoms. The molecule has 3 nitrogen and oxygen atoms in total. The van der Waals surface area contributed by atoms with Crippen LogP contribution in [0, 0.1) is 11.6 Å². The maximum Gasteiger partial charge on any atom is 0.267 e. The fourth-order valence-corrected chi connectivity index (χ4v) is 2.76. The predicted octanol–water partition coefficient (Wildman–Crippen LogP) is 4.44. The highest BCUT2D eigenvalue weighted by Gasteiger charge is 2.18. The van der Waals surface area contributed by atoms with E-state index in [-0.39, 0.29) is 22.0 Å². The molecular weight excluding hydrogens is 322 g/mol. The molecule has 0 aliphatic heterocycles. The Morgan fingerprint density at radius 2 is 1.78 bits per heavy atom. The Kier molecular flexibility index (Phi) is 3.90. The van der Waals surface area contributed by atoms with Gasteiger partial charge in [0.15, 0.2) is 0 Å². The normalized spacial score (nSPS) is 11.4. The van der Waals surface area contributed by atoms with E-state index in [4.69, 9.17) is 11.6 Å². The van der Waals surface area contributed by atoms with Crippen LogP contribution < -0.4 is 5.56 Å². The molecule has 3 rings (SSSR count). The van der Waals surface area contributed by atoms with Crippen LogP contribution in [0.4, 0.5) is 8.78 Å². The van der Waals surface area contributed by atoms with Crippen molar-refractivity contribution in [1.29, 1.82) is 0 Å². The Morgan fingerprint density at radius 3 is 2.39 bits per heavy atom. The van der Waals surface area contributed by atoms with Gasteiger partial charge in [-0.3, -0.25) is 9.36 Å². The van der Waals surface area contributed by atoms with Gasteiger partial charge in [-0.1, -0.05) is 31.5 Å². The van der Waals surface area contributed by atoms with E-state index >= 15 is 0 Å². The van der Waals surface area contributed by atoms with E-state index in [1.807, 2.05) is 13.8 Å². The maximum atomic E-state index is 13.6. The number of hydrogen-bond donors (Lipinski definition) is 0. The smallest absolute Gasteiger partial charge is 0.267 e. The third kappa shape index (κ3) is 2.72. The van der Waals surface area contributed by atoms with Crippen molar-refractivity contribution in [1.82, 2.24) is 9.55 Å². The van der Waals surface area contributed by atoms with Gasteiger partial charge in [0.05, 0.1) is 21.6 Å². The average molecular weight is 335 g/mol. The molecule has 1 aromatic heterocycles. The van der Waals surface area contributed by atoms with Gasteiger partial charge in [-0.15, -0.1) is 0 Å². The van der Waals surface area contributed by atoms with Crippen molar-refractivity contribution in [3.05, 3.63) is 69.2 Å². The number of rotatable bonds is 2. The lowest BCUT2D eigenvalue weighted by Crippen LogP contribution is -2.25. The van der Waals surface area contributed by atoms with E-state index in [1.165, 1.54) is 4.57 Å². The van der Waals surface area contributed by atoms with Crippen molar-refractivity contribution >= 4 is 22.5 Å². The molecule has 0 bridgehead atoms. The molecule has 0 aliphatic carbocycles. The minimum absolute atomic E-state index is 0.0884. The summed E-state index contributed by atoms with van der Waals surface area (Å²) in [5.41, 5.74) is 0.0964. The summed E-state index contributed by atoms with van der Waals surface area (Å²) >= 11 is 6.11. The molecule has 2 aromatic carbocycles. The summed E-state index contributed by atoms with van der Waals surface area (Å²) in [5, 5.41) is 0.476. The second-order valence-electron chi connectivity index (χ2n) is 5.53. The lowest BCUT2D eigenvalue weighted by molar-refractivity contribution is 0.579. The molecule has 0 amide bonds. The molecule has 0 N–H and O–H groups in total. The van der Waals surface area contributed by atoms with Gasteiger partial charge in [0.25, 0.3) is 5.56 Å². The van der Waals surface area contributed by atoms with Crippen LogP contribution in [0.2, 0.25) is 5.02 Å². The standard InChI is InChI=1S/C17H13ClF2N2O/c1-9(2)16-21-14-5-3-4-13(18)15(14)17(23)22(16)12-7-10(19)6-11(20)8-12/h3-9H,1-2H3. The van der Waals surface area contributed by atoms with Crippen molar-refractivity contribution < 1.29 is 8.78 Å².